The molecule has 0 saturated heterocycles. The standard InChI is InChI=1S/C36H41N5O6S/c1-5-6-12-27(17-19-33(42)40-48(45,46)30-14-8-7-9-15-30)35-38-34(39-47-35)28-16-18-32(41(4)21-20-25(2)3)31(23-28)37-24-26-11-10-13-29(22-26)36(43)44/h5-11,13-18,22-23,25,37H,12,19-21,24H2,1-4H3,(H,40,42)(H,43,44)/b6-5-,27-17+. The Morgan fingerprint density at radius 2 is 1.79 bits per heavy atom. The Kier molecular flexibility index (Phi) is 12.3. The molecule has 252 valence electrons. The van der Waals surface area contributed by atoms with E-state index in [0.717, 1.165) is 29.9 Å². The molecule has 1 heterocycles. The first-order valence-corrected chi connectivity index (χ1v) is 17.1. The molecule has 4 aromatic rings. The quantitative estimate of drug-likeness (QED) is 0.109. The summed E-state index contributed by atoms with van der Waals surface area (Å²) in [5.41, 5.74) is 4.06. The van der Waals surface area contributed by atoms with Gasteiger partial charge >= 0.3 is 5.97 Å². The Morgan fingerprint density at radius 1 is 1.02 bits per heavy atom. The zero-order valence-electron chi connectivity index (χ0n) is 27.5. The number of carboxylic acids is 1. The molecule has 11 nitrogen and oxygen atoms in total. The van der Waals surface area contributed by atoms with Gasteiger partial charge in [-0.3, -0.25) is 4.79 Å². The third kappa shape index (κ3) is 9.88. The van der Waals surface area contributed by atoms with E-state index in [1.165, 1.54) is 12.1 Å². The summed E-state index contributed by atoms with van der Waals surface area (Å²) in [7, 11) is -1.97. The summed E-state index contributed by atoms with van der Waals surface area (Å²) in [5.74, 6) is -0.608. The van der Waals surface area contributed by atoms with Crippen molar-refractivity contribution in [3.63, 3.8) is 0 Å². The number of aromatic nitrogens is 2. The van der Waals surface area contributed by atoms with Gasteiger partial charge in [-0.15, -0.1) is 0 Å². The van der Waals surface area contributed by atoms with E-state index in [-0.39, 0.29) is 22.8 Å². The monoisotopic (exact) mass is 671 g/mol. The zero-order chi connectivity index (χ0) is 34.7. The molecule has 0 spiro atoms. The number of sulfonamides is 1. The molecule has 1 aromatic heterocycles. The number of anilines is 2. The van der Waals surface area contributed by atoms with Gasteiger partial charge in [0.15, 0.2) is 0 Å². The first-order valence-electron chi connectivity index (χ1n) is 15.6. The fourth-order valence-corrected chi connectivity index (χ4v) is 5.79. The zero-order valence-corrected chi connectivity index (χ0v) is 28.3. The minimum absolute atomic E-state index is 0.00205. The van der Waals surface area contributed by atoms with Crippen LogP contribution in [0, 0.1) is 5.92 Å². The van der Waals surface area contributed by atoms with Crippen LogP contribution in [0.5, 0.6) is 0 Å². The van der Waals surface area contributed by atoms with E-state index in [4.69, 9.17) is 4.52 Å². The summed E-state index contributed by atoms with van der Waals surface area (Å²) in [4.78, 5) is 30.9. The van der Waals surface area contributed by atoms with Crippen LogP contribution in [0.4, 0.5) is 11.4 Å². The van der Waals surface area contributed by atoms with Gasteiger partial charge in [-0.2, -0.15) is 4.98 Å². The molecule has 48 heavy (non-hydrogen) atoms. The average Bonchev–Trinajstić information content (AvgIpc) is 3.57. The second kappa shape index (κ2) is 16.6. The van der Waals surface area contributed by atoms with E-state index in [1.54, 1.807) is 42.5 Å². The van der Waals surface area contributed by atoms with Crippen LogP contribution in [-0.4, -0.2) is 49.1 Å². The average molecular weight is 672 g/mol. The predicted octanol–water partition coefficient (Wildman–Crippen LogP) is 6.77. The number of nitrogens with zero attached hydrogens (tertiary/aromatic N) is 3. The van der Waals surface area contributed by atoms with Crippen molar-refractivity contribution in [3.8, 4) is 11.4 Å². The summed E-state index contributed by atoms with van der Waals surface area (Å²) in [6.45, 7) is 7.45. The largest absolute Gasteiger partial charge is 0.478 e. The van der Waals surface area contributed by atoms with Crippen LogP contribution >= 0.6 is 0 Å². The van der Waals surface area contributed by atoms with Crippen molar-refractivity contribution in [2.75, 3.05) is 23.8 Å². The number of amides is 1. The summed E-state index contributed by atoms with van der Waals surface area (Å²) in [6.07, 6.45) is 6.48. The SMILES string of the molecule is C/C=C\C/C(=C\CC(=O)NS(=O)(=O)c1ccccc1)c1nc(-c2ccc(N(C)CCC(C)C)c(NCc3cccc(C(=O)O)c3)c2)no1. The summed E-state index contributed by atoms with van der Waals surface area (Å²) < 4.78 is 32.9. The lowest BCUT2D eigenvalue weighted by molar-refractivity contribution is -0.118. The molecule has 3 N–H and O–H groups in total. The van der Waals surface area contributed by atoms with Gasteiger partial charge in [0.2, 0.25) is 11.7 Å². The summed E-state index contributed by atoms with van der Waals surface area (Å²) in [5, 5.41) is 17.1. The normalized spacial score (nSPS) is 12.0. The van der Waals surface area contributed by atoms with Crippen LogP contribution in [0.3, 0.4) is 0 Å². The smallest absolute Gasteiger partial charge is 0.335 e. The fraction of sp³-hybridized carbons (Fsp3) is 0.278. The molecule has 0 saturated carbocycles. The van der Waals surface area contributed by atoms with Crippen LogP contribution in [0.15, 0.2) is 100 Å². The number of carboxylic acid groups (broad SMARTS) is 1. The van der Waals surface area contributed by atoms with Gasteiger partial charge in [-0.05, 0) is 73.7 Å². The molecule has 0 radical (unpaired) electrons. The summed E-state index contributed by atoms with van der Waals surface area (Å²) >= 11 is 0. The number of allylic oxidation sites excluding steroid dienone is 3. The molecule has 0 aliphatic heterocycles. The lowest BCUT2D eigenvalue weighted by atomic mass is 10.1. The van der Waals surface area contributed by atoms with Gasteiger partial charge in [0.05, 0.1) is 21.8 Å². The number of benzene rings is 3. The van der Waals surface area contributed by atoms with Crippen molar-refractivity contribution in [1.82, 2.24) is 14.9 Å². The van der Waals surface area contributed by atoms with Gasteiger partial charge in [0, 0.05) is 37.7 Å². The molecule has 3 aromatic carbocycles. The first-order chi connectivity index (χ1) is 23.0. The molecule has 0 aliphatic rings. The maximum absolute atomic E-state index is 12.6. The number of hydrogen-bond donors (Lipinski definition) is 3. The number of rotatable bonds is 16. The maximum Gasteiger partial charge on any atom is 0.335 e. The van der Waals surface area contributed by atoms with Crippen molar-refractivity contribution in [2.45, 2.75) is 51.5 Å². The highest BCUT2D eigenvalue weighted by atomic mass is 32.2. The Balaban J connectivity index is 1.58. The molecule has 4 rings (SSSR count). The number of aromatic carboxylic acids is 1. The van der Waals surface area contributed by atoms with E-state index in [9.17, 15) is 23.1 Å². The topological polar surface area (TPSA) is 155 Å². The molecule has 12 heteroatoms. The number of nitrogens with one attached hydrogen (secondary N) is 2. The molecule has 0 unspecified atom stereocenters. The lowest BCUT2D eigenvalue weighted by Gasteiger charge is -2.24. The predicted molar refractivity (Wildman–Crippen MR) is 187 cm³/mol. The highest BCUT2D eigenvalue weighted by Gasteiger charge is 2.19. The van der Waals surface area contributed by atoms with Crippen molar-refractivity contribution in [2.24, 2.45) is 5.92 Å². The van der Waals surface area contributed by atoms with Gasteiger partial charge in [-0.25, -0.2) is 17.9 Å². The third-order valence-electron chi connectivity index (χ3n) is 7.47. The van der Waals surface area contributed by atoms with E-state index in [1.807, 2.05) is 50.4 Å². The molecular weight excluding hydrogens is 630 g/mol. The molecule has 1 amide bonds. The van der Waals surface area contributed by atoms with Gasteiger partial charge in [0.25, 0.3) is 15.9 Å². The van der Waals surface area contributed by atoms with Crippen molar-refractivity contribution in [3.05, 3.63) is 108 Å². The molecule has 0 atom stereocenters. The second-order valence-electron chi connectivity index (χ2n) is 11.7. The van der Waals surface area contributed by atoms with Crippen LogP contribution in [0.2, 0.25) is 0 Å². The number of carbonyl (C=O) groups is 2. The summed E-state index contributed by atoms with van der Waals surface area (Å²) in [6, 6.07) is 20.3. The van der Waals surface area contributed by atoms with Crippen LogP contribution < -0.4 is 14.9 Å². The number of hydrogen-bond acceptors (Lipinski definition) is 9. The van der Waals surface area contributed by atoms with Crippen LogP contribution in [0.25, 0.3) is 17.0 Å². The molecule has 0 bridgehead atoms. The molecule has 0 aliphatic carbocycles. The highest BCUT2D eigenvalue weighted by molar-refractivity contribution is 7.90. The van der Waals surface area contributed by atoms with Crippen molar-refractivity contribution >= 4 is 38.8 Å². The van der Waals surface area contributed by atoms with Gasteiger partial charge in [-0.1, -0.05) is 67.6 Å². The van der Waals surface area contributed by atoms with Gasteiger partial charge in [0.1, 0.15) is 0 Å². The molecular formula is C36H41N5O6S. The van der Waals surface area contributed by atoms with Gasteiger partial charge < -0.3 is 19.8 Å². The third-order valence-corrected chi connectivity index (χ3v) is 8.86. The Hall–Kier alpha value is -5.23. The first kappa shape index (κ1) is 35.6. The fourth-order valence-electron chi connectivity index (χ4n) is 4.77. The highest BCUT2D eigenvalue weighted by Crippen LogP contribution is 2.32. The Labute approximate surface area is 281 Å². The Morgan fingerprint density at radius 3 is 2.50 bits per heavy atom. The minimum atomic E-state index is -4.00. The molecule has 0 fully saturated rings. The minimum Gasteiger partial charge on any atom is -0.478 e. The van der Waals surface area contributed by atoms with E-state index in [2.05, 4.69) is 38.9 Å². The van der Waals surface area contributed by atoms with E-state index < -0.39 is 21.9 Å². The van der Waals surface area contributed by atoms with Crippen LogP contribution in [-0.2, 0) is 21.4 Å². The van der Waals surface area contributed by atoms with E-state index in [0.29, 0.717) is 35.8 Å². The number of carbonyl (C=O) groups excluding carboxylic acids is 1. The van der Waals surface area contributed by atoms with Crippen molar-refractivity contribution in [1.29, 1.82) is 0 Å². The van der Waals surface area contributed by atoms with Crippen molar-refractivity contribution < 1.29 is 27.6 Å². The van der Waals surface area contributed by atoms with E-state index >= 15 is 0 Å². The van der Waals surface area contributed by atoms with Crippen LogP contribution in [0.1, 0.15) is 61.8 Å². The Bertz CT molecular complexity index is 1880. The maximum atomic E-state index is 12.6. The second-order valence-corrected chi connectivity index (χ2v) is 13.3. The lowest BCUT2D eigenvalue weighted by Crippen LogP contribution is -2.30.